The van der Waals surface area contributed by atoms with Crippen molar-refractivity contribution >= 4 is 78.5 Å². The Bertz CT molecular complexity index is 2380. The molecular formula is C33H24N8O8S. The van der Waals surface area contributed by atoms with Gasteiger partial charge in [-0.15, -0.1) is 5.11 Å². The number of carbonyl (C=O) groups is 3. The molecule has 5 aromatic rings. The summed E-state index contributed by atoms with van der Waals surface area (Å²) in [6.45, 7) is 0. The number of benzene rings is 5. The Kier molecular flexibility index (Phi) is 8.82. The number of hydrogen-bond donors (Lipinski definition) is 5. The second-order valence-electron chi connectivity index (χ2n) is 10.7. The highest BCUT2D eigenvalue weighted by Gasteiger charge is 2.41. The quantitative estimate of drug-likeness (QED) is 0.0691. The van der Waals surface area contributed by atoms with Crippen LogP contribution in [-0.2, 0) is 19.7 Å². The molecule has 0 saturated carbocycles. The maximum absolute atomic E-state index is 13.0. The molecule has 17 heteroatoms. The van der Waals surface area contributed by atoms with Crippen LogP contribution in [0.25, 0.3) is 10.8 Å². The van der Waals surface area contributed by atoms with Crippen LogP contribution >= 0.6 is 0 Å². The van der Waals surface area contributed by atoms with E-state index < -0.39 is 56.0 Å². The van der Waals surface area contributed by atoms with Crippen molar-refractivity contribution < 1.29 is 37.6 Å². The number of aliphatic carboxylic acids is 1. The van der Waals surface area contributed by atoms with E-state index in [1.807, 2.05) is 0 Å². The molecule has 0 bridgehead atoms. The van der Waals surface area contributed by atoms with Gasteiger partial charge in [-0.2, -0.15) is 33.9 Å². The summed E-state index contributed by atoms with van der Waals surface area (Å²) in [6.07, 6.45) is 0. The van der Waals surface area contributed by atoms with Gasteiger partial charge in [-0.05, 0) is 84.2 Å². The number of fused-ring (bicyclic) bond motifs is 1. The molecule has 1 heterocycles. The number of carboxylic acids is 1. The zero-order chi connectivity index (χ0) is 35.6. The Morgan fingerprint density at radius 1 is 0.860 bits per heavy atom. The van der Waals surface area contributed by atoms with E-state index in [1.54, 1.807) is 42.5 Å². The standard InChI is InChI=1S/C33H24N8O8S/c34-20-5-4-8-24(17-20)41-32(44)28(29(40-41)33(45)46)39-37-22-11-9-18(10-12-22)31(43)35-23-13-14-25-19(15-23)16-26(50(47,48)49)27(30(25)42)38-36-21-6-2-1-3-7-21/h1-17,28,42H,34H2,(H,35,43)(H,45,46)(H,47,48,49). The van der Waals surface area contributed by atoms with Gasteiger partial charge in [0, 0.05) is 22.3 Å². The van der Waals surface area contributed by atoms with Crippen molar-refractivity contribution in [3.05, 3.63) is 109 Å². The van der Waals surface area contributed by atoms with Crippen molar-refractivity contribution in [2.75, 3.05) is 16.1 Å². The molecule has 6 N–H and O–H groups in total. The molecule has 1 aliphatic rings. The van der Waals surface area contributed by atoms with Crippen LogP contribution in [0.4, 0.5) is 34.1 Å². The molecule has 6 rings (SSSR count). The van der Waals surface area contributed by atoms with Gasteiger partial charge in [0.2, 0.25) is 6.04 Å². The van der Waals surface area contributed by atoms with Crippen LogP contribution in [0, 0.1) is 0 Å². The summed E-state index contributed by atoms with van der Waals surface area (Å²) in [5.41, 5.74) is 6.40. The van der Waals surface area contributed by atoms with E-state index in [0.717, 1.165) is 11.1 Å². The van der Waals surface area contributed by atoms with Crippen LogP contribution in [-0.4, -0.2) is 52.7 Å². The molecule has 50 heavy (non-hydrogen) atoms. The third-order valence-corrected chi connectivity index (χ3v) is 8.14. The monoisotopic (exact) mass is 692 g/mol. The maximum Gasteiger partial charge on any atom is 0.355 e. The SMILES string of the molecule is Nc1cccc(N2N=C(C(=O)O)C(N=Nc3ccc(C(=O)Nc4ccc5c(O)c(N=Nc6ccccc6)c(S(=O)(=O)O)cc5c4)cc3)C2=O)c1. The van der Waals surface area contributed by atoms with Gasteiger partial charge in [-0.1, -0.05) is 24.3 Å². The van der Waals surface area contributed by atoms with E-state index in [4.69, 9.17) is 5.73 Å². The first-order valence-corrected chi connectivity index (χ1v) is 15.9. The summed E-state index contributed by atoms with van der Waals surface area (Å²) in [7, 11) is -4.85. The largest absolute Gasteiger partial charge is 0.505 e. The van der Waals surface area contributed by atoms with Crippen LogP contribution in [0.15, 0.2) is 134 Å². The molecule has 1 unspecified atom stereocenters. The molecule has 5 aromatic carbocycles. The second-order valence-corrected chi connectivity index (χ2v) is 12.1. The molecule has 1 atom stereocenters. The van der Waals surface area contributed by atoms with Gasteiger partial charge in [-0.3, -0.25) is 14.1 Å². The summed E-state index contributed by atoms with van der Waals surface area (Å²) < 4.78 is 34.3. The predicted octanol–water partition coefficient (Wildman–Crippen LogP) is 5.98. The number of hydrazone groups is 1. The van der Waals surface area contributed by atoms with E-state index in [9.17, 15) is 37.6 Å². The third kappa shape index (κ3) is 6.89. The van der Waals surface area contributed by atoms with Crippen molar-refractivity contribution in [3.63, 3.8) is 0 Å². The summed E-state index contributed by atoms with van der Waals surface area (Å²) in [6, 6.07) is 24.1. The van der Waals surface area contributed by atoms with Crippen molar-refractivity contribution in [3.8, 4) is 5.75 Å². The second kappa shape index (κ2) is 13.3. The van der Waals surface area contributed by atoms with Crippen LogP contribution < -0.4 is 16.1 Å². The number of amides is 2. The predicted molar refractivity (Wildman–Crippen MR) is 182 cm³/mol. The average molecular weight is 693 g/mol. The number of anilines is 3. The molecular weight excluding hydrogens is 668 g/mol. The fourth-order valence-corrected chi connectivity index (χ4v) is 5.54. The summed E-state index contributed by atoms with van der Waals surface area (Å²) >= 11 is 0. The van der Waals surface area contributed by atoms with Gasteiger partial charge < -0.3 is 21.3 Å². The summed E-state index contributed by atoms with van der Waals surface area (Å²) in [4.78, 5) is 37.1. The number of nitrogens with one attached hydrogen (secondary N) is 1. The minimum Gasteiger partial charge on any atom is -0.505 e. The smallest absolute Gasteiger partial charge is 0.355 e. The van der Waals surface area contributed by atoms with Crippen molar-refractivity contribution in [2.45, 2.75) is 10.9 Å². The van der Waals surface area contributed by atoms with E-state index >= 15 is 0 Å². The van der Waals surface area contributed by atoms with E-state index in [-0.39, 0.29) is 33.4 Å². The first-order chi connectivity index (χ1) is 23.9. The zero-order valence-electron chi connectivity index (χ0n) is 25.4. The van der Waals surface area contributed by atoms with Crippen LogP contribution in [0.3, 0.4) is 0 Å². The lowest BCUT2D eigenvalue weighted by molar-refractivity contribution is -0.130. The van der Waals surface area contributed by atoms with Crippen LogP contribution in [0.5, 0.6) is 5.75 Å². The number of phenolic OH excluding ortho intramolecular Hbond substituents is 1. The first kappa shape index (κ1) is 33.1. The van der Waals surface area contributed by atoms with Gasteiger partial charge in [0.1, 0.15) is 10.6 Å². The zero-order valence-corrected chi connectivity index (χ0v) is 26.3. The highest BCUT2D eigenvalue weighted by atomic mass is 32.2. The van der Waals surface area contributed by atoms with Crippen molar-refractivity contribution in [1.82, 2.24) is 0 Å². The molecule has 0 radical (unpaired) electrons. The van der Waals surface area contributed by atoms with Gasteiger partial charge >= 0.3 is 5.97 Å². The maximum atomic E-state index is 13.0. The Labute approximate surface area is 282 Å². The number of azo groups is 2. The normalized spacial score (nSPS) is 14.8. The fourth-order valence-electron chi connectivity index (χ4n) is 4.88. The number of aromatic hydroxyl groups is 1. The first-order valence-electron chi connectivity index (χ1n) is 14.5. The highest BCUT2D eigenvalue weighted by molar-refractivity contribution is 7.86. The highest BCUT2D eigenvalue weighted by Crippen LogP contribution is 2.42. The lowest BCUT2D eigenvalue weighted by Gasteiger charge is -2.12. The Morgan fingerprint density at radius 2 is 1.58 bits per heavy atom. The number of phenols is 1. The summed E-state index contributed by atoms with van der Waals surface area (Å²) in [5.74, 6) is -3.30. The van der Waals surface area contributed by atoms with Gasteiger partial charge in [-0.25, -0.2) is 4.79 Å². The third-order valence-electron chi connectivity index (χ3n) is 7.27. The Morgan fingerprint density at radius 3 is 2.26 bits per heavy atom. The van der Waals surface area contributed by atoms with E-state index in [1.165, 1.54) is 54.6 Å². The Balaban J connectivity index is 1.19. The molecule has 0 aromatic heterocycles. The van der Waals surface area contributed by atoms with Crippen molar-refractivity contribution in [2.24, 2.45) is 25.6 Å². The number of carboxylic acid groups (broad SMARTS) is 1. The number of carbonyl (C=O) groups excluding carboxylic acids is 2. The van der Waals surface area contributed by atoms with Crippen molar-refractivity contribution in [1.29, 1.82) is 0 Å². The lowest BCUT2D eigenvalue weighted by atomic mass is 10.1. The van der Waals surface area contributed by atoms with Crippen LogP contribution in [0.2, 0.25) is 0 Å². The van der Waals surface area contributed by atoms with Crippen LogP contribution in [0.1, 0.15) is 10.4 Å². The lowest BCUT2D eigenvalue weighted by Crippen LogP contribution is -2.33. The van der Waals surface area contributed by atoms with E-state index in [2.05, 4.69) is 30.9 Å². The molecule has 1 aliphatic heterocycles. The molecule has 16 nitrogen and oxygen atoms in total. The minimum atomic E-state index is -4.85. The number of nitrogen functional groups attached to an aromatic ring is 1. The average Bonchev–Trinajstić information content (AvgIpc) is 3.43. The molecule has 0 saturated heterocycles. The van der Waals surface area contributed by atoms with Gasteiger partial charge in [0.05, 0.1) is 17.1 Å². The molecule has 250 valence electrons. The van der Waals surface area contributed by atoms with Gasteiger partial charge in [0.25, 0.3) is 21.9 Å². The topological polar surface area (TPSA) is 249 Å². The number of nitrogens with zero attached hydrogens (tertiary/aromatic N) is 6. The minimum absolute atomic E-state index is 0.169. The fraction of sp³-hybridized carbons (Fsp3) is 0.0303. The van der Waals surface area contributed by atoms with Gasteiger partial charge in [0.15, 0.2) is 11.5 Å². The molecule has 0 spiro atoms. The number of rotatable bonds is 9. The number of nitrogens with two attached hydrogens (primary N) is 1. The molecule has 2 amide bonds. The molecule has 0 fully saturated rings. The van der Waals surface area contributed by atoms with E-state index in [0.29, 0.717) is 11.4 Å². The number of hydrogen-bond acceptors (Lipinski definition) is 12. The Hall–Kier alpha value is -6.85. The summed E-state index contributed by atoms with van der Waals surface area (Å²) in [5, 5.41) is 44.0. The molecule has 0 aliphatic carbocycles.